The number of thioether (sulfide) groups is 1. The molecule has 0 aliphatic carbocycles. The third-order valence-electron chi connectivity index (χ3n) is 1.75. The summed E-state index contributed by atoms with van der Waals surface area (Å²) in [4.78, 5) is 11.2. The smallest absolute Gasteiger partial charge is 0.231 e. The Bertz CT molecular complexity index is 257. The van der Waals surface area contributed by atoms with Crippen LogP contribution in [0.5, 0.6) is 0 Å². The van der Waals surface area contributed by atoms with Gasteiger partial charge in [-0.25, -0.2) is 0 Å². The number of nitrogens with zero attached hydrogens (tertiary/aromatic N) is 1. The maximum atomic E-state index is 11.2. The van der Waals surface area contributed by atoms with Gasteiger partial charge in [-0.1, -0.05) is 11.8 Å². The average molecular weight is 182 g/mol. The zero-order chi connectivity index (χ0) is 8.97. The molecule has 3 nitrogen and oxygen atoms in total. The number of nitrogens with one attached hydrogen (secondary N) is 1. The van der Waals surface area contributed by atoms with E-state index in [2.05, 4.69) is 5.32 Å². The molecule has 1 aliphatic rings. The molecule has 0 amide bonds. The minimum atomic E-state index is -0.137. The van der Waals surface area contributed by atoms with Crippen LogP contribution in [0.25, 0.3) is 0 Å². The summed E-state index contributed by atoms with van der Waals surface area (Å²) in [5.74, 6) is 0. The Morgan fingerprint density at radius 3 is 2.92 bits per heavy atom. The molecule has 0 spiro atoms. The molecule has 0 bridgehead atoms. The number of carbonyl (C=O) groups excluding carboxylic acids is 1. The molecule has 4 heteroatoms. The molecule has 12 heavy (non-hydrogen) atoms. The number of rotatable bonds is 1. The van der Waals surface area contributed by atoms with Crippen LogP contribution in [0.2, 0.25) is 0 Å². The molecule has 0 aromatic rings. The van der Waals surface area contributed by atoms with Crippen LogP contribution in [0.1, 0.15) is 12.8 Å². The minimum Gasteiger partial charge on any atom is -0.387 e. The van der Waals surface area contributed by atoms with E-state index in [9.17, 15) is 4.79 Å². The predicted octanol–water partition coefficient (Wildman–Crippen LogP) is 1.04. The monoisotopic (exact) mass is 182 g/mol. The molecule has 1 fully saturated rings. The van der Waals surface area contributed by atoms with Gasteiger partial charge in [0.05, 0.1) is 0 Å². The van der Waals surface area contributed by atoms with Crippen molar-refractivity contribution >= 4 is 16.9 Å². The first-order chi connectivity index (χ1) is 5.79. The third-order valence-corrected chi connectivity index (χ3v) is 2.32. The second-order valence-electron chi connectivity index (χ2n) is 2.49. The highest BCUT2D eigenvalue weighted by atomic mass is 32.2. The number of nitriles is 1. The van der Waals surface area contributed by atoms with Crippen molar-refractivity contribution < 1.29 is 4.79 Å². The highest BCUT2D eigenvalue weighted by Crippen LogP contribution is 2.17. The van der Waals surface area contributed by atoms with Crippen LogP contribution in [0.3, 0.4) is 0 Å². The van der Waals surface area contributed by atoms with Gasteiger partial charge in [0.2, 0.25) is 5.12 Å². The van der Waals surface area contributed by atoms with Crippen molar-refractivity contribution in [2.75, 3.05) is 12.8 Å². The highest BCUT2D eigenvalue weighted by molar-refractivity contribution is 8.13. The quantitative estimate of drug-likeness (QED) is 0.486. The normalized spacial score (nSPS) is 19.7. The van der Waals surface area contributed by atoms with Gasteiger partial charge >= 0.3 is 0 Å². The lowest BCUT2D eigenvalue weighted by atomic mass is 10.2. The number of allylic oxidation sites excluding steroid dienone is 1. The molecule has 0 atom stereocenters. The standard InChI is InChI=1S/C8H10N2OS/c1-12-8(11)6(5-9)7-3-2-4-10-7/h10H,2-4H2,1H3/b7-6-. The third kappa shape index (κ3) is 1.80. The molecule has 1 aliphatic heterocycles. The summed E-state index contributed by atoms with van der Waals surface area (Å²) in [5.41, 5.74) is 1.11. The first kappa shape index (κ1) is 9.14. The fourth-order valence-electron chi connectivity index (χ4n) is 1.14. The van der Waals surface area contributed by atoms with Crippen molar-refractivity contribution in [3.63, 3.8) is 0 Å². The van der Waals surface area contributed by atoms with E-state index in [0.29, 0.717) is 5.57 Å². The number of hydrogen-bond acceptors (Lipinski definition) is 4. The molecule has 64 valence electrons. The van der Waals surface area contributed by atoms with Crippen molar-refractivity contribution in [3.05, 3.63) is 11.3 Å². The van der Waals surface area contributed by atoms with E-state index in [0.717, 1.165) is 36.8 Å². The maximum absolute atomic E-state index is 11.2. The Balaban J connectivity index is 2.86. The van der Waals surface area contributed by atoms with E-state index in [-0.39, 0.29) is 5.12 Å². The van der Waals surface area contributed by atoms with E-state index < -0.39 is 0 Å². The molecule has 1 rings (SSSR count). The molecule has 1 heterocycles. The molecule has 1 saturated heterocycles. The van der Waals surface area contributed by atoms with Crippen molar-refractivity contribution in [1.82, 2.24) is 5.32 Å². The van der Waals surface area contributed by atoms with Gasteiger partial charge in [0.15, 0.2) is 0 Å². The Hall–Kier alpha value is -0.950. The molecule has 0 aromatic carbocycles. The molecule has 0 radical (unpaired) electrons. The molecule has 0 saturated carbocycles. The second kappa shape index (κ2) is 4.17. The summed E-state index contributed by atoms with van der Waals surface area (Å²) in [5, 5.41) is 11.6. The maximum Gasteiger partial charge on any atom is 0.231 e. The van der Waals surface area contributed by atoms with Crippen LogP contribution in [0, 0.1) is 11.3 Å². The second-order valence-corrected chi connectivity index (χ2v) is 3.27. The largest absolute Gasteiger partial charge is 0.387 e. The Morgan fingerprint density at radius 1 is 1.75 bits per heavy atom. The molecular weight excluding hydrogens is 172 g/mol. The van der Waals surface area contributed by atoms with Crippen molar-refractivity contribution in [3.8, 4) is 6.07 Å². The minimum absolute atomic E-state index is 0.137. The van der Waals surface area contributed by atoms with Crippen molar-refractivity contribution in [2.24, 2.45) is 0 Å². The molecule has 0 unspecified atom stereocenters. The Labute approximate surface area is 75.8 Å². The van der Waals surface area contributed by atoms with Gasteiger partial charge in [-0.15, -0.1) is 0 Å². The Kier molecular flexibility index (Phi) is 3.18. The average Bonchev–Trinajstić information content (AvgIpc) is 2.58. The van der Waals surface area contributed by atoms with Crippen LogP contribution in [-0.4, -0.2) is 17.9 Å². The van der Waals surface area contributed by atoms with Gasteiger partial charge in [-0.05, 0) is 19.1 Å². The predicted molar refractivity (Wildman–Crippen MR) is 48.4 cm³/mol. The van der Waals surface area contributed by atoms with Crippen LogP contribution in [-0.2, 0) is 4.79 Å². The topological polar surface area (TPSA) is 52.9 Å². The van der Waals surface area contributed by atoms with E-state index in [1.165, 1.54) is 0 Å². The van der Waals surface area contributed by atoms with Crippen LogP contribution in [0.15, 0.2) is 11.3 Å². The van der Waals surface area contributed by atoms with Crippen LogP contribution < -0.4 is 5.32 Å². The van der Waals surface area contributed by atoms with Crippen LogP contribution in [0.4, 0.5) is 0 Å². The molecule has 0 aromatic heterocycles. The lowest BCUT2D eigenvalue weighted by Gasteiger charge is -2.00. The molecule has 1 N–H and O–H groups in total. The van der Waals surface area contributed by atoms with Gasteiger partial charge < -0.3 is 5.32 Å². The van der Waals surface area contributed by atoms with E-state index in [1.54, 1.807) is 6.26 Å². The fourth-order valence-corrected chi connectivity index (χ4v) is 1.52. The number of carbonyl (C=O) groups is 1. The summed E-state index contributed by atoms with van der Waals surface area (Å²) in [6, 6.07) is 1.94. The van der Waals surface area contributed by atoms with Crippen molar-refractivity contribution in [2.45, 2.75) is 12.8 Å². The van der Waals surface area contributed by atoms with Gasteiger partial charge in [-0.2, -0.15) is 5.26 Å². The highest BCUT2D eigenvalue weighted by Gasteiger charge is 2.16. The zero-order valence-electron chi connectivity index (χ0n) is 6.89. The van der Waals surface area contributed by atoms with E-state index in [4.69, 9.17) is 5.26 Å². The first-order valence-corrected chi connectivity index (χ1v) is 4.97. The lowest BCUT2D eigenvalue weighted by molar-refractivity contribution is -0.107. The van der Waals surface area contributed by atoms with Gasteiger partial charge in [0.25, 0.3) is 0 Å². The lowest BCUT2D eigenvalue weighted by Crippen LogP contribution is -2.09. The Morgan fingerprint density at radius 2 is 2.50 bits per heavy atom. The fraction of sp³-hybridized carbons (Fsp3) is 0.500. The summed E-state index contributed by atoms with van der Waals surface area (Å²) < 4.78 is 0. The first-order valence-electron chi connectivity index (χ1n) is 3.75. The van der Waals surface area contributed by atoms with Gasteiger partial charge in [0.1, 0.15) is 11.6 Å². The van der Waals surface area contributed by atoms with Gasteiger partial charge in [-0.3, -0.25) is 4.79 Å². The van der Waals surface area contributed by atoms with Crippen LogP contribution >= 0.6 is 11.8 Å². The van der Waals surface area contributed by atoms with Gasteiger partial charge in [0, 0.05) is 12.2 Å². The van der Waals surface area contributed by atoms with E-state index in [1.807, 2.05) is 6.07 Å². The summed E-state index contributed by atoms with van der Waals surface area (Å²) >= 11 is 1.09. The summed E-state index contributed by atoms with van der Waals surface area (Å²) in [6.45, 7) is 0.877. The SMILES string of the molecule is CSC(=O)/C(C#N)=C1/CCCN1. The summed E-state index contributed by atoms with van der Waals surface area (Å²) in [7, 11) is 0. The molecular formula is C8H10N2OS. The van der Waals surface area contributed by atoms with E-state index >= 15 is 0 Å². The van der Waals surface area contributed by atoms with Crippen molar-refractivity contribution in [1.29, 1.82) is 5.26 Å². The number of hydrogen-bond donors (Lipinski definition) is 1. The zero-order valence-corrected chi connectivity index (χ0v) is 7.70. The summed E-state index contributed by atoms with van der Waals surface area (Å²) in [6.07, 6.45) is 3.53.